The third kappa shape index (κ3) is 2.06. The SMILES string of the molecule is Cn1cnnc1Sc1cc2c(cc1Br)C(=O)C(=O)N2. The number of aromatic nitrogens is 3. The maximum atomic E-state index is 11.6. The van der Waals surface area contributed by atoms with Crippen LogP contribution in [0.4, 0.5) is 5.69 Å². The van der Waals surface area contributed by atoms with E-state index in [0.29, 0.717) is 11.3 Å². The molecule has 1 amide bonds. The van der Waals surface area contributed by atoms with E-state index in [0.717, 1.165) is 14.5 Å². The van der Waals surface area contributed by atoms with Gasteiger partial charge in [0.25, 0.3) is 11.7 Å². The Morgan fingerprint density at radius 3 is 2.84 bits per heavy atom. The Hall–Kier alpha value is -1.67. The van der Waals surface area contributed by atoms with Gasteiger partial charge in [-0.05, 0) is 39.8 Å². The first-order valence-electron chi connectivity index (χ1n) is 5.27. The number of aryl methyl sites for hydroxylation is 1. The monoisotopic (exact) mass is 338 g/mol. The first kappa shape index (κ1) is 12.4. The minimum atomic E-state index is -0.595. The quantitative estimate of drug-likeness (QED) is 0.845. The molecule has 0 radical (unpaired) electrons. The molecule has 0 unspecified atom stereocenters. The minimum absolute atomic E-state index is 0.388. The number of carbonyl (C=O) groups excluding carboxylic acids is 2. The Kier molecular flexibility index (Phi) is 2.90. The van der Waals surface area contributed by atoms with Gasteiger partial charge in [-0.1, -0.05) is 0 Å². The summed E-state index contributed by atoms with van der Waals surface area (Å²) < 4.78 is 2.53. The standard InChI is InChI=1S/C11H7BrN4O2S/c1-16-4-13-15-11(16)19-8-3-7-5(2-6(8)12)9(17)10(18)14-7/h2-4H,1H3,(H,14,17,18). The molecule has 8 heteroatoms. The Morgan fingerprint density at radius 2 is 2.16 bits per heavy atom. The lowest BCUT2D eigenvalue weighted by molar-refractivity contribution is -0.112. The zero-order valence-electron chi connectivity index (χ0n) is 9.68. The van der Waals surface area contributed by atoms with E-state index in [9.17, 15) is 9.59 Å². The smallest absolute Gasteiger partial charge is 0.296 e. The average molecular weight is 339 g/mol. The van der Waals surface area contributed by atoms with E-state index >= 15 is 0 Å². The molecule has 2 aromatic rings. The van der Waals surface area contributed by atoms with Crippen molar-refractivity contribution in [1.29, 1.82) is 0 Å². The summed E-state index contributed by atoms with van der Waals surface area (Å²) in [6.07, 6.45) is 1.61. The van der Waals surface area contributed by atoms with Gasteiger partial charge in [0, 0.05) is 16.4 Å². The number of carbonyl (C=O) groups is 2. The van der Waals surface area contributed by atoms with Crippen molar-refractivity contribution >= 4 is 45.1 Å². The lowest BCUT2D eigenvalue weighted by Crippen LogP contribution is -2.12. The number of fused-ring (bicyclic) bond motifs is 1. The van der Waals surface area contributed by atoms with Crippen LogP contribution in [-0.4, -0.2) is 26.5 Å². The van der Waals surface area contributed by atoms with Gasteiger partial charge >= 0.3 is 0 Å². The molecule has 1 aliphatic heterocycles. The predicted octanol–water partition coefficient (Wildman–Crippen LogP) is 1.86. The number of rotatable bonds is 2. The number of hydrogen-bond acceptors (Lipinski definition) is 5. The Labute approximate surface area is 120 Å². The summed E-state index contributed by atoms with van der Waals surface area (Å²) in [6, 6.07) is 3.40. The Bertz CT molecular complexity index is 713. The second kappa shape index (κ2) is 4.46. The minimum Gasteiger partial charge on any atom is -0.318 e. The predicted molar refractivity (Wildman–Crippen MR) is 72.2 cm³/mol. The van der Waals surface area contributed by atoms with Crippen molar-refractivity contribution in [2.45, 2.75) is 10.1 Å². The van der Waals surface area contributed by atoms with Crippen molar-refractivity contribution in [2.24, 2.45) is 7.05 Å². The van der Waals surface area contributed by atoms with Gasteiger partial charge < -0.3 is 9.88 Å². The molecule has 6 nitrogen and oxygen atoms in total. The number of hydrogen-bond donors (Lipinski definition) is 1. The highest BCUT2D eigenvalue weighted by molar-refractivity contribution is 9.10. The molecule has 0 saturated carbocycles. The molecule has 19 heavy (non-hydrogen) atoms. The normalized spacial score (nSPS) is 13.6. The number of halogens is 1. The molecule has 0 bridgehead atoms. The number of Topliss-reactive ketones (excluding diaryl/α,β-unsaturated/α-hetero) is 1. The van der Waals surface area contributed by atoms with Crippen molar-refractivity contribution in [3.8, 4) is 0 Å². The van der Waals surface area contributed by atoms with Gasteiger partial charge in [0.2, 0.25) is 0 Å². The summed E-state index contributed by atoms with van der Waals surface area (Å²) in [6.45, 7) is 0. The first-order chi connectivity index (χ1) is 9.06. The zero-order valence-corrected chi connectivity index (χ0v) is 12.1. The molecule has 0 saturated heterocycles. The van der Waals surface area contributed by atoms with E-state index in [1.807, 2.05) is 7.05 Å². The van der Waals surface area contributed by atoms with Crippen LogP contribution in [0, 0.1) is 0 Å². The molecule has 2 heterocycles. The maximum absolute atomic E-state index is 11.6. The average Bonchev–Trinajstić information content (AvgIpc) is 2.88. The number of ketones is 1. The maximum Gasteiger partial charge on any atom is 0.296 e. The molecule has 0 spiro atoms. The molecule has 0 aliphatic carbocycles. The van der Waals surface area contributed by atoms with E-state index in [1.54, 1.807) is 23.0 Å². The van der Waals surface area contributed by atoms with Crippen molar-refractivity contribution in [3.05, 3.63) is 28.5 Å². The molecular formula is C11H7BrN4O2S. The van der Waals surface area contributed by atoms with Crippen LogP contribution in [0.1, 0.15) is 10.4 Å². The van der Waals surface area contributed by atoms with Crippen LogP contribution in [0.25, 0.3) is 0 Å². The van der Waals surface area contributed by atoms with E-state index in [-0.39, 0.29) is 0 Å². The molecule has 0 atom stereocenters. The number of benzene rings is 1. The summed E-state index contributed by atoms with van der Waals surface area (Å²) >= 11 is 4.79. The van der Waals surface area contributed by atoms with Crippen LogP contribution in [0.5, 0.6) is 0 Å². The van der Waals surface area contributed by atoms with Crippen LogP contribution in [0.15, 0.2) is 33.0 Å². The third-order valence-corrected chi connectivity index (χ3v) is 4.67. The second-order valence-electron chi connectivity index (χ2n) is 3.94. The molecule has 1 aliphatic rings. The molecular weight excluding hydrogens is 332 g/mol. The highest BCUT2D eigenvalue weighted by Gasteiger charge is 2.29. The van der Waals surface area contributed by atoms with E-state index in [2.05, 4.69) is 31.4 Å². The van der Waals surface area contributed by atoms with Gasteiger partial charge in [0.05, 0.1) is 11.3 Å². The van der Waals surface area contributed by atoms with Crippen molar-refractivity contribution in [3.63, 3.8) is 0 Å². The first-order valence-corrected chi connectivity index (χ1v) is 6.88. The third-order valence-electron chi connectivity index (χ3n) is 2.64. The van der Waals surface area contributed by atoms with Gasteiger partial charge in [-0.25, -0.2) is 0 Å². The molecule has 1 aromatic heterocycles. The molecule has 3 rings (SSSR count). The summed E-state index contributed by atoms with van der Waals surface area (Å²) in [5.41, 5.74) is 0.919. The highest BCUT2D eigenvalue weighted by Crippen LogP contribution is 2.37. The highest BCUT2D eigenvalue weighted by atomic mass is 79.9. The number of nitrogens with zero attached hydrogens (tertiary/aromatic N) is 3. The van der Waals surface area contributed by atoms with Crippen LogP contribution in [0.3, 0.4) is 0 Å². The number of amides is 1. The lowest BCUT2D eigenvalue weighted by Gasteiger charge is -2.06. The summed E-state index contributed by atoms with van der Waals surface area (Å²) in [7, 11) is 1.84. The fourth-order valence-electron chi connectivity index (χ4n) is 1.69. The second-order valence-corrected chi connectivity index (χ2v) is 5.80. The molecule has 1 N–H and O–H groups in total. The molecule has 0 fully saturated rings. The Balaban J connectivity index is 2.01. The van der Waals surface area contributed by atoms with E-state index in [4.69, 9.17) is 0 Å². The van der Waals surface area contributed by atoms with Crippen LogP contribution >= 0.6 is 27.7 Å². The van der Waals surface area contributed by atoms with E-state index < -0.39 is 11.7 Å². The number of anilines is 1. The topological polar surface area (TPSA) is 76.9 Å². The van der Waals surface area contributed by atoms with Crippen molar-refractivity contribution in [2.75, 3.05) is 5.32 Å². The summed E-state index contributed by atoms with van der Waals surface area (Å²) in [4.78, 5) is 23.7. The van der Waals surface area contributed by atoms with Crippen LogP contribution < -0.4 is 5.32 Å². The Morgan fingerprint density at radius 1 is 1.37 bits per heavy atom. The fraction of sp³-hybridized carbons (Fsp3) is 0.0909. The van der Waals surface area contributed by atoms with Gasteiger partial charge in [0.1, 0.15) is 6.33 Å². The van der Waals surface area contributed by atoms with Gasteiger partial charge in [0.15, 0.2) is 5.16 Å². The molecule has 96 valence electrons. The number of nitrogens with one attached hydrogen (secondary N) is 1. The zero-order chi connectivity index (χ0) is 13.6. The van der Waals surface area contributed by atoms with Gasteiger partial charge in [-0.3, -0.25) is 9.59 Å². The van der Waals surface area contributed by atoms with Crippen molar-refractivity contribution in [1.82, 2.24) is 14.8 Å². The van der Waals surface area contributed by atoms with Crippen molar-refractivity contribution < 1.29 is 9.59 Å². The summed E-state index contributed by atoms with van der Waals surface area (Å²) in [5, 5.41) is 11.0. The summed E-state index contributed by atoms with van der Waals surface area (Å²) in [5.74, 6) is -1.10. The van der Waals surface area contributed by atoms with E-state index in [1.165, 1.54) is 11.8 Å². The molecule has 1 aromatic carbocycles. The largest absolute Gasteiger partial charge is 0.318 e. The lowest BCUT2D eigenvalue weighted by atomic mass is 10.1. The van der Waals surface area contributed by atoms with Crippen LogP contribution in [-0.2, 0) is 11.8 Å². The van der Waals surface area contributed by atoms with Gasteiger partial charge in [-0.15, -0.1) is 10.2 Å². The van der Waals surface area contributed by atoms with Crippen LogP contribution in [0.2, 0.25) is 0 Å². The van der Waals surface area contributed by atoms with Gasteiger partial charge in [-0.2, -0.15) is 0 Å². The fourth-order valence-corrected chi connectivity index (χ4v) is 3.08.